The molecule has 2 aliphatic rings. The molecule has 18 heteroatoms. The Morgan fingerprint density at radius 3 is 1.49 bits per heavy atom. The lowest BCUT2D eigenvalue weighted by molar-refractivity contribution is -0.162. The van der Waals surface area contributed by atoms with E-state index in [1.165, 1.54) is 0 Å². The zero-order chi connectivity index (χ0) is 31.5. The predicted octanol–water partition coefficient (Wildman–Crippen LogP) is -4.24. The molecule has 0 aromatic carbocycles. The van der Waals surface area contributed by atoms with Crippen molar-refractivity contribution < 1.29 is 53.2 Å². The largest absolute Gasteiger partial charge is 0.480 e. The molecule has 0 radical (unpaired) electrons. The molecular formula is C23H41N7O11. The van der Waals surface area contributed by atoms with Gasteiger partial charge in [0.15, 0.2) is 0 Å². The third-order valence-corrected chi connectivity index (χ3v) is 5.64. The van der Waals surface area contributed by atoms with Crippen LogP contribution in [0.2, 0.25) is 0 Å². The lowest BCUT2D eigenvalue weighted by atomic mass is 10.1. The molecule has 2 saturated heterocycles. The van der Waals surface area contributed by atoms with E-state index in [9.17, 15) is 33.6 Å². The highest BCUT2D eigenvalue weighted by Crippen LogP contribution is 2.06. The molecule has 2 amide bonds. The van der Waals surface area contributed by atoms with Crippen LogP contribution in [0.3, 0.4) is 0 Å². The van der Waals surface area contributed by atoms with Crippen LogP contribution in [-0.2, 0) is 43.0 Å². The summed E-state index contributed by atoms with van der Waals surface area (Å²) in [7, 11) is 0. The summed E-state index contributed by atoms with van der Waals surface area (Å²) in [6.45, 7) is 1.38. The second-order valence-electron chi connectivity index (χ2n) is 9.17. The van der Waals surface area contributed by atoms with Gasteiger partial charge in [-0.05, 0) is 51.6 Å². The summed E-state index contributed by atoms with van der Waals surface area (Å²) in [6.07, 6.45) is 3.20. The quantitative estimate of drug-likeness (QED) is 0.0723. The van der Waals surface area contributed by atoms with Crippen molar-refractivity contribution in [1.82, 2.24) is 10.6 Å². The van der Waals surface area contributed by atoms with E-state index in [0.717, 1.165) is 38.8 Å². The van der Waals surface area contributed by atoms with Gasteiger partial charge in [-0.25, -0.2) is 9.59 Å². The first-order valence-corrected chi connectivity index (χ1v) is 12.8. The van der Waals surface area contributed by atoms with Crippen LogP contribution in [0.15, 0.2) is 0 Å². The van der Waals surface area contributed by atoms with Crippen LogP contribution in [0.25, 0.3) is 0 Å². The highest BCUT2D eigenvalue weighted by molar-refractivity contribution is 5.91. The van der Waals surface area contributed by atoms with Gasteiger partial charge in [-0.2, -0.15) is 0 Å². The second kappa shape index (κ2) is 20.2. The average Bonchev–Trinajstić information content (AvgIpc) is 3.64. The first-order chi connectivity index (χ1) is 19.1. The summed E-state index contributed by atoms with van der Waals surface area (Å²) in [4.78, 5) is 75.3. The van der Waals surface area contributed by atoms with Gasteiger partial charge in [0.1, 0.15) is 36.8 Å². The fraction of sp³-hybridized carbons (Fsp3) is 0.696. The number of rotatable bonds is 13. The van der Waals surface area contributed by atoms with Crippen molar-refractivity contribution in [3.05, 3.63) is 0 Å². The zero-order valence-electron chi connectivity index (χ0n) is 22.6. The molecule has 0 aromatic heterocycles. The van der Waals surface area contributed by atoms with E-state index in [4.69, 9.17) is 43.6 Å². The molecule has 0 spiro atoms. The Balaban J connectivity index is 0.000000632. The molecule has 2 rings (SSSR count). The molecule has 2 fully saturated rings. The summed E-state index contributed by atoms with van der Waals surface area (Å²) in [5, 5.41) is 22.6. The predicted molar refractivity (Wildman–Crippen MR) is 140 cm³/mol. The number of carbonyl (C=O) groups is 7. The van der Waals surface area contributed by atoms with E-state index in [-0.39, 0.29) is 44.4 Å². The van der Waals surface area contributed by atoms with E-state index in [0.29, 0.717) is 0 Å². The van der Waals surface area contributed by atoms with Crippen LogP contribution in [0.4, 0.5) is 0 Å². The lowest BCUT2D eigenvalue weighted by Crippen LogP contribution is -2.40. The Labute approximate surface area is 236 Å². The van der Waals surface area contributed by atoms with Crippen LogP contribution in [0.1, 0.15) is 51.4 Å². The van der Waals surface area contributed by atoms with Crippen LogP contribution < -0.4 is 39.3 Å². The van der Waals surface area contributed by atoms with E-state index in [2.05, 4.69) is 15.4 Å². The van der Waals surface area contributed by atoms with Crippen molar-refractivity contribution in [2.24, 2.45) is 28.7 Å². The van der Waals surface area contributed by atoms with Crippen LogP contribution in [-0.4, -0.2) is 102 Å². The Morgan fingerprint density at radius 2 is 1.17 bits per heavy atom. The Hall–Kier alpha value is -3.71. The molecule has 18 nitrogen and oxygen atoms in total. The number of hydrogen-bond acceptors (Lipinski definition) is 14. The zero-order valence-corrected chi connectivity index (χ0v) is 22.6. The van der Waals surface area contributed by atoms with Crippen molar-refractivity contribution in [3.63, 3.8) is 0 Å². The van der Waals surface area contributed by atoms with Crippen LogP contribution in [0, 0.1) is 0 Å². The van der Waals surface area contributed by atoms with Gasteiger partial charge in [0.05, 0.1) is 0 Å². The molecular weight excluding hydrogens is 550 g/mol. The normalized spacial score (nSPS) is 19.6. The summed E-state index contributed by atoms with van der Waals surface area (Å²) in [5.74, 6) is -5.54. The van der Waals surface area contributed by atoms with Gasteiger partial charge in [0.2, 0.25) is 11.8 Å². The topological polar surface area (TPSA) is 333 Å². The van der Waals surface area contributed by atoms with Crippen molar-refractivity contribution in [2.75, 3.05) is 19.7 Å². The summed E-state index contributed by atoms with van der Waals surface area (Å²) < 4.78 is 9.15. The standard InChI is InChI=1S/C10H18N4O5.C8H14N2O4.C5H9NO2/c11-5(1-3-7(13)15)9(17)19-10(18)6(12)2-4-8(14)16;9-5(7(11)12)4-14-8(13)6-2-1-3-10-6;7-5(8)4-2-1-3-6-4/h5-6H,1-4,11-12H2,(H2,13,15)(H2,14,16);5-6,10H,1-4,9H2,(H,11,12);4,6H,1-3H2,(H,7,8)/t2*5-,6-;4-/m000/s1. The maximum Gasteiger partial charge on any atom is 0.330 e. The molecule has 0 bridgehead atoms. The molecule has 0 aliphatic carbocycles. The SMILES string of the molecule is NC(=O)CC[C@H](N)C(=O)OC(=O)[C@@H](N)CCC(N)=O.N[C@@H](COC(=O)[C@@H]1CCCN1)C(=O)O.O=C(O)[C@@H]1CCCN1. The van der Waals surface area contributed by atoms with Crippen molar-refractivity contribution in [2.45, 2.75) is 81.6 Å². The number of aliphatic carboxylic acids is 2. The van der Waals surface area contributed by atoms with Gasteiger partial charge in [-0.15, -0.1) is 0 Å². The minimum Gasteiger partial charge on any atom is -0.480 e. The maximum atomic E-state index is 11.3. The van der Waals surface area contributed by atoms with Gasteiger partial charge in [-0.3, -0.25) is 24.0 Å². The molecule has 14 N–H and O–H groups in total. The summed E-state index contributed by atoms with van der Waals surface area (Å²) in [6, 6.07) is -3.98. The summed E-state index contributed by atoms with van der Waals surface area (Å²) >= 11 is 0. The fourth-order valence-corrected chi connectivity index (χ4v) is 3.21. The maximum absolute atomic E-state index is 11.3. The van der Waals surface area contributed by atoms with Crippen molar-refractivity contribution in [1.29, 1.82) is 0 Å². The van der Waals surface area contributed by atoms with E-state index in [1.807, 2.05) is 0 Å². The van der Waals surface area contributed by atoms with Gasteiger partial charge in [-0.1, -0.05) is 0 Å². The van der Waals surface area contributed by atoms with Crippen molar-refractivity contribution >= 4 is 41.7 Å². The Kier molecular flexibility index (Phi) is 18.4. The third kappa shape index (κ3) is 17.6. The molecule has 41 heavy (non-hydrogen) atoms. The van der Waals surface area contributed by atoms with Gasteiger partial charge < -0.3 is 59.0 Å². The molecule has 0 aromatic rings. The highest BCUT2D eigenvalue weighted by Gasteiger charge is 2.25. The monoisotopic (exact) mass is 591 g/mol. The lowest BCUT2D eigenvalue weighted by Gasteiger charge is -2.12. The molecule has 0 unspecified atom stereocenters. The number of primary amides is 2. The van der Waals surface area contributed by atoms with Gasteiger partial charge in [0, 0.05) is 12.8 Å². The van der Waals surface area contributed by atoms with Crippen LogP contribution in [0.5, 0.6) is 0 Å². The number of esters is 3. The third-order valence-electron chi connectivity index (χ3n) is 5.64. The number of ether oxygens (including phenoxy) is 2. The van der Waals surface area contributed by atoms with Gasteiger partial charge >= 0.3 is 29.8 Å². The Bertz CT molecular complexity index is 872. The smallest absolute Gasteiger partial charge is 0.330 e. The number of carboxylic acid groups (broad SMARTS) is 2. The molecule has 2 aliphatic heterocycles. The van der Waals surface area contributed by atoms with Crippen molar-refractivity contribution in [3.8, 4) is 0 Å². The number of carbonyl (C=O) groups excluding carboxylic acids is 5. The number of carboxylic acids is 2. The number of amides is 2. The molecule has 234 valence electrons. The first kappa shape index (κ1) is 37.3. The minimum atomic E-state index is -1.17. The molecule has 2 heterocycles. The summed E-state index contributed by atoms with van der Waals surface area (Å²) in [5.41, 5.74) is 25.7. The fourth-order valence-electron chi connectivity index (χ4n) is 3.21. The second-order valence-corrected chi connectivity index (χ2v) is 9.17. The van der Waals surface area contributed by atoms with E-state index >= 15 is 0 Å². The van der Waals surface area contributed by atoms with Crippen LogP contribution >= 0.6 is 0 Å². The van der Waals surface area contributed by atoms with E-state index < -0.39 is 59.8 Å². The minimum absolute atomic E-state index is 0.0298. The number of nitrogens with one attached hydrogen (secondary N) is 2. The highest BCUT2D eigenvalue weighted by atomic mass is 16.6. The van der Waals surface area contributed by atoms with E-state index in [1.54, 1.807) is 0 Å². The number of nitrogens with two attached hydrogens (primary N) is 5. The molecule has 5 atom stereocenters. The average molecular weight is 592 g/mol. The first-order valence-electron chi connectivity index (χ1n) is 12.8. The van der Waals surface area contributed by atoms with Gasteiger partial charge in [0.25, 0.3) is 0 Å². The molecule has 0 saturated carbocycles. The Morgan fingerprint density at radius 1 is 0.732 bits per heavy atom. The number of hydrogen-bond donors (Lipinski definition) is 9.